The van der Waals surface area contributed by atoms with E-state index >= 15 is 0 Å². The van der Waals surface area contributed by atoms with Crippen LogP contribution in [0.25, 0.3) is 0 Å². The molecule has 0 aliphatic heterocycles. The van der Waals surface area contributed by atoms with Gasteiger partial charge in [0.15, 0.2) is 18.5 Å². The SMILES string of the molecule is C[C@@H](OC(=O)c1cc[n+]([O-])cc1)C(=O)N(C)Cc1ccccc1. The number of hydrogen-bond donors (Lipinski definition) is 0. The molecular weight excluding hydrogens is 296 g/mol. The highest BCUT2D eigenvalue weighted by Crippen LogP contribution is 2.08. The quantitative estimate of drug-likeness (QED) is 0.476. The van der Waals surface area contributed by atoms with E-state index in [0.29, 0.717) is 11.3 Å². The molecule has 0 bridgehead atoms. The van der Waals surface area contributed by atoms with Gasteiger partial charge in [-0.15, -0.1) is 0 Å². The molecule has 0 fully saturated rings. The summed E-state index contributed by atoms with van der Waals surface area (Å²) >= 11 is 0. The molecule has 23 heavy (non-hydrogen) atoms. The Hall–Kier alpha value is -2.89. The van der Waals surface area contributed by atoms with Gasteiger partial charge in [0.05, 0.1) is 5.56 Å². The first-order valence-corrected chi connectivity index (χ1v) is 7.16. The maximum Gasteiger partial charge on any atom is 0.339 e. The summed E-state index contributed by atoms with van der Waals surface area (Å²) in [7, 11) is 1.66. The van der Waals surface area contributed by atoms with Gasteiger partial charge in [0.2, 0.25) is 0 Å². The van der Waals surface area contributed by atoms with E-state index in [-0.39, 0.29) is 11.5 Å². The van der Waals surface area contributed by atoms with Crippen molar-refractivity contribution in [1.29, 1.82) is 0 Å². The van der Waals surface area contributed by atoms with Crippen LogP contribution in [-0.2, 0) is 16.1 Å². The number of hydrogen-bond acceptors (Lipinski definition) is 4. The molecule has 120 valence electrons. The van der Waals surface area contributed by atoms with E-state index in [0.717, 1.165) is 5.56 Å². The summed E-state index contributed by atoms with van der Waals surface area (Å²) in [6.45, 7) is 1.96. The van der Waals surface area contributed by atoms with Gasteiger partial charge in [-0.05, 0) is 12.5 Å². The largest absolute Gasteiger partial charge is 0.619 e. The zero-order valence-electron chi connectivity index (χ0n) is 13.0. The average molecular weight is 314 g/mol. The highest BCUT2D eigenvalue weighted by atomic mass is 16.5. The molecule has 0 aliphatic carbocycles. The Bertz CT molecular complexity index is 671. The molecule has 0 saturated carbocycles. The van der Waals surface area contributed by atoms with Crippen LogP contribution >= 0.6 is 0 Å². The molecule has 1 aromatic carbocycles. The van der Waals surface area contributed by atoms with Crippen LogP contribution in [-0.4, -0.2) is 29.9 Å². The smallest absolute Gasteiger partial charge is 0.339 e. The second kappa shape index (κ2) is 7.40. The first kappa shape index (κ1) is 16.5. The fourth-order valence-corrected chi connectivity index (χ4v) is 2.07. The number of ether oxygens (including phenoxy) is 1. The number of carbonyl (C=O) groups is 2. The fraction of sp³-hybridized carbons (Fsp3) is 0.235. The molecule has 1 aromatic heterocycles. The normalized spacial score (nSPS) is 11.6. The van der Waals surface area contributed by atoms with Gasteiger partial charge in [-0.25, -0.2) is 4.79 Å². The van der Waals surface area contributed by atoms with Gasteiger partial charge < -0.3 is 14.8 Å². The van der Waals surface area contributed by atoms with Gasteiger partial charge in [0.25, 0.3) is 5.91 Å². The zero-order valence-corrected chi connectivity index (χ0v) is 13.0. The maximum atomic E-state index is 12.3. The van der Waals surface area contributed by atoms with Crippen LogP contribution in [0.15, 0.2) is 54.9 Å². The van der Waals surface area contributed by atoms with Crippen molar-refractivity contribution >= 4 is 11.9 Å². The van der Waals surface area contributed by atoms with E-state index in [4.69, 9.17) is 4.74 Å². The number of pyridine rings is 1. The third kappa shape index (κ3) is 4.54. The lowest BCUT2D eigenvalue weighted by molar-refractivity contribution is -0.605. The highest BCUT2D eigenvalue weighted by molar-refractivity contribution is 5.91. The third-order valence-corrected chi connectivity index (χ3v) is 3.31. The van der Waals surface area contributed by atoms with Gasteiger partial charge in [0, 0.05) is 25.7 Å². The average Bonchev–Trinajstić information content (AvgIpc) is 2.55. The van der Waals surface area contributed by atoms with Crippen molar-refractivity contribution in [3.8, 4) is 0 Å². The molecule has 6 nitrogen and oxygen atoms in total. The molecule has 0 spiro atoms. The fourth-order valence-electron chi connectivity index (χ4n) is 2.07. The first-order chi connectivity index (χ1) is 11.0. The zero-order chi connectivity index (χ0) is 16.8. The summed E-state index contributed by atoms with van der Waals surface area (Å²) in [5.74, 6) is -0.934. The van der Waals surface area contributed by atoms with E-state index in [1.54, 1.807) is 7.05 Å². The van der Waals surface area contributed by atoms with Crippen molar-refractivity contribution in [2.24, 2.45) is 0 Å². The van der Waals surface area contributed by atoms with E-state index < -0.39 is 12.1 Å². The Labute approximate surface area is 134 Å². The predicted octanol–water partition coefficient (Wildman–Crippen LogP) is 1.52. The van der Waals surface area contributed by atoms with Crippen LogP contribution in [0.3, 0.4) is 0 Å². The lowest BCUT2D eigenvalue weighted by atomic mass is 10.2. The Morgan fingerprint density at radius 3 is 2.39 bits per heavy atom. The third-order valence-electron chi connectivity index (χ3n) is 3.31. The lowest BCUT2D eigenvalue weighted by Gasteiger charge is -2.21. The monoisotopic (exact) mass is 314 g/mol. The number of esters is 1. The van der Waals surface area contributed by atoms with Crippen LogP contribution < -0.4 is 4.73 Å². The first-order valence-electron chi connectivity index (χ1n) is 7.16. The van der Waals surface area contributed by atoms with Crippen molar-refractivity contribution in [2.75, 3.05) is 7.05 Å². The maximum absolute atomic E-state index is 12.3. The van der Waals surface area contributed by atoms with Gasteiger partial charge in [-0.2, -0.15) is 4.73 Å². The second-order valence-corrected chi connectivity index (χ2v) is 5.17. The Kier molecular flexibility index (Phi) is 5.30. The minimum Gasteiger partial charge on any atom is -0.619 e. The van der Waals surface area contributed by atoms with Gasteiger partial charge >= 0.3 is 5.97 Å². The Morgan fingerprint density at radius 2 is 1.78 bits per heavy atom. The molecule has 0 radical (unpaired) electrons. The predicted molar refractivity (Wildman–Crippen MR) is 83.2 cm³/mol. The van der Waals surface area contributed by atoms with Gasteiger partial charge in [-0.1, -0.05) is 30.3 Å². The molecule has 1 amide bonds. The lowest BCUT2D eigenvalue weighted by Crippen LogP contribution is -2.37. The van der Waals surface area contributed by atoms with Crippen molar-refractivity contribution in [1.82, 2.24) is 4.90 Å². The summed E-state index contributed by atoms with van der Waals surface area (Å²) in [6, 6.07) is 12.2. The number of nitrogens with zero attached hydrogens (tertiary/aromatic N) is 2. The topological polar surface area (TPSA) is 73.5 Å². The second-order valence-electron chi connectivity index (χ2n) is 5.17. The molecular formula is C17H18N2O4. The van der Waals surface area contributed by atoms with Gasteiger partial charge in [0.1, 0.15) is 0 Å². The molecule has 1 atom stereocenters. The van der Waals surface area contributed by atoms with Crippen molar-refractivity contribution in [3.05, 3.63) is 71.2 Å². The summed E-state index contributed by atoms with van der Waals surface area (Å²) in [5, 5.41) is 10.9. The molecule has 2 rings (SSSR count). The summed E-state index contributed by atoms with van der Waals surface area (Å²) in [5.41, 5.74) is 1.22. The molecule has 2 aromatic rings. The van der Waals surface area contributed by atoms with Gasteiger partial charge in [-0.3, -0.25) is 4.79 Å². The summed E-state index contributed by atoms with van der Waals surface area (Å²) in [6.07, 6.45) is 1.49. The number of carbonyl (C=O) groups excluding carboxylic acids is 2. The van der Waals surface area contributed by atoms with Crippen molar-refractivity contribution < 1.29 is 19.1 Å². The van der Waals surface area contributed by atoms with E-state index in [2.05, 4.69) is 0 Å². The Balaban J connectivity index is 1.93. The molecule has 1 heterocycles. The van der Waals surface area contributed by atoms with Crippen LogP contribution in [0.1, 0.15) is 22.8 Å². The molecule has 0 unspecified atom stereocenters. The number of rotatable bonds is 5. The summed E-state index contributed by atoms with van der Waals surface area (Å²) in [4.78, 5) is 25.7. The van der Waals surface area contributed by atoms with Crippen molar-refractivity contribution in [2.45, 2.75) is 19.6 Å². The minimum absolute atomic E-state index is 0.225. The number of amides is 1. The van der Waals surface area contributed by atoms with E-state index in [1.807, 2.05) is 30.3 Å². The molecule has 0 saturated heterocycles. The van der Waals surface area contributed by atoms with E-state index in [9.17, 15) is 14.8 Å². The number of likely N-dealkylation sites (N-methyl/N-ethyl adjacent to an activating group) is 1. The Morgan fingerprint density at radius 1 is 1.17 bits per heavy atom. The molecule has 6 heteroatoms. The van der Waals surface area contributed by atoms with Crippen LogP contribution in [0.5, 0.6) is 0 Å². The highest BCUT2D eigenvalue weighted by Gasteiger charge is 2.22. The van der Waals surface area contributed by atoms with Crippen LogP contribution in [0, 0.1) is 5.21 Å². The number of benzene rings is 1. The van der Waals surface area contributed by atoms with Crippen molar-refractivity contribution in [3.63, 3.8) is 0 Å². The standard InChI is InChI=1S/C17H18N2O4/c1-13(23-17(21)15-8-10-19(22)11-9-15)16(20)18(2)12-14-6-4-3-5-7-14/h3-11,13H,12H2,1-2H3/t13-/m1/s1. The molecule has 0 N–H and O–H groups in total. The van der Waals surface area contributed by atoms with Crippen LogP contribution in [0.2, 0.25) is 0 Å². The van der Waals surface area contributed by atoms with E-state index in [1.165, 1.54) is 36.4 Å². The summed E-state index contributed by atoms with van der Waals surface area (Å²) < 4.78 is 5.72. The number of aromatic nitrogens is 1. The van der Waals surface area contributed by atoms with Crippen LogP contribution in [0.4, 0.5) is 0 Å². The molecule has 0 aliphatic rings. The minimum atomic E-state index is -0.907.